The summed E-state index contributed by atoms with van der Waals surface area (Å²) in [4.78, 5) is 10.4. The van der Waals surface area contributed by atoms with Crippen molar-refractivity contribution < 1.29 is 9.66 Å². The Hall–Kier alpha value is -3.66. The van der Waals surface area contributed by atoms with E-state index in [0.29, 0.717) is 11.3 Å². The van der Waals surface area contributed by atoms with Crippen LogP contribution in [-0.4, -0.2) is 14.7 Å². The number of nitrogens with zero attached hydrogens (tertiary/aromatic N) is 4. The first-order valence-electron chi connectivity index (χ1n) is 7.92. The number of ether oxygens (including phenoxy) is 1. The summed E-state index contributed by atoms with van der Waals surface area (Å²) in [5.41, 5.74) is 4.08. The molecule has 130 valence electrons. The molecule has 0 radical (unpaired) electrons. The van der Waals surface area contributed by atoms with E-state index in [-0.39, 0.29) is 12.3 Å². The van der Waals surface area contributed by atoms with Crippen LogP contribution in [0.2, 0.25) is 0 Å². The Bertz CT molecular complexity index is 1000. The van der Waals surface area contributed by atoms with Gasteiger partial charge in [0.25, 0.3) is 5.69 Å². The Balaban J connectivity index is 1.83. The topological polar surface area (TPSA) is 94.0 Å². The van der Waals surface area contributed by atoms with E-state index in [2.05, 4.69) is 11.2 Å². The molecule has 0 atom stereocenters. The fourth-order valence-electron chi connectivity index (χ4n) is 2.65. The van der Waals surface area contributed by atoms with Gasteiger partial charge >= 0.3 is 0 Å². The van der Waals surface area contributed by atoms with Gasteiger partial charge in [-0.05, 0) is 44.2 Å². The van der Waals surface area contributed by atoms with Crippen LogP contribution in [0, 0.1) is 35.3 Å². The maximum Gasteiger partial charge on any atom is 0.273 e. The van der Waals surface area contributed by atoms with Gasteiger partial charge in [0.05, 0.1) is 34.0 Å². The van der Waals surface area contributed by atoms with Gasteiger partial charge in [-0.25, -0.2) is 4.68 Å². The van der Waals surface area contributed by atoms with Crippen LogP contribution < -0.4 is 4.74 Å². The van der Waals surface area contributed by atoms with Crippen LogP contribution in [0.25, 0.3) is 5.69 Å². The van der Waals surface area contributed by atoms with E-state index in [0.717, 1.165) is 22.6 Å². The van der Waals surface area contributed by atoms with Crippen molar-refractivity contribution in [1.29, 1.82) is 5.26 Å². The van der Waals surface area contributed by atoms with Crippen LogP contribution in [0.3, 0.4) is 0 Å². The molecule has 0 aliphatic heterocycles. The molecule has 0 saturated carbocycles. The van der Waals surface area contributed by atoms with Crippen molar-refractivity contribution in [2.45, 2.75) is 20.5 Å². The number of aromatic nitrogens is 2. The number of nitro benzene ring substituents is 1. The smallest absolute Gasteiger partial charge is 0.273 e. The Labute approximate surface area is 150 Å². The molecule has 0 N–H and O–H groups in total. The minimum Gasteiger partial charge on any atom is -0.489 e. The molecule has 1 aromatic heterocycles. The lowest BCUT2D eigenvalue weighted by atomic mass is 10.2. The summed E-state index contributed by atoms with van der Waals surface area (Å²) in [6.45, 7) is 4.08. The van der Waals surface area contributed by atoms with Gasteiger partial charge in [-0.1, -0.05) is 6.07 Å². The molecule has 0 aliphatic rings. The third-order valence-corrected chi connectivity index (χ3v) is 4.09. The second-order valence-electron chi connectivity index (χ2n) is 5.76. The molecule has 0 bridgehead atoms. The summed E-state index contributed by atoms with van der Waals surface area (Å²) in [7, 11) is 0. The van der Waals surface area contributed by atoms with Crippen molar-refractivity contribution in [2.24, 2.45) is 0 Å². The average Bonchev–Trinajstić information content (AvgIpc) is 2.94. The second-order valence-corrected chi connectivity index (χ2v) is 5.76. The highest BCUT2D eigenvalue weighted by Gasteiger charge is 2.14. The molecule has 3 rings (SSSR count). The Morgan fingerprint density at radius 1 is 1.23 bits per heavy atom. The van der Waals surface area contributed by atoms with Crippen LogP contribution in [-0.2, 0) is 6.61 Å². The van der Waals surface area contributed by atoms with E-state index in [9.17, 15) is 10.1 Å². The second kappa shape index (κ2) is 7.07. The quantitative estimate of drug-likeness (QED) is 0.515. The number of nitro groups is 1. The van der Waals surface area contributed by atoms with Crippen molar-refractivity contribution in [1.82, 2.24) is 9.78 Å². The van der Waals surface area contributed by atoms with Gasteiger partial charge in [0.2, 0.25) is 0 Å². The monoisotopic (exact) mass is 348 g/mol. The number of hydrogen-bond donors (Lipinski definition) is 0. The Morgan fingerprint density at radius 3 is 2.62 bits per heavy atom. The minimum absolute atomic E-state index is 0.00998. The predicted molar refractivity (Wildman–Crippen MR) is 95.2 cm³/mol. The summed E-state index contributed by atoms with van der Waals surface area (Å²) in [6.07, 6.45) is 0. The summed E-state index contributed by atoms with van der Waals surface area (Å²) in [6, 6.07) is 15.3. The van der Waals surface area contributed by atoms with Gasteiger partial charge in [-0.15, -0.1) is 0 Å². The van der Waals surface area contributed by atoms with Crippen molar-refractivity contribution in [2.75, 3.05) is 0 Å². The molecule has 26 heavy (non-hydrogen) atoms. The van der Waals surface area contributed by atoms with Crippen LogP contribution in [0.1, 0.15) is 22.5 Å². The average molecular weight is 348 g/mol. The van der Waals surface area contributed by atoms with E-state index >= 15 is 0 Å². The predicted octanol–water partition coefficient (Wildman–Crippen LogP) is 3.85. The molecule has 0 fully saturated rings. The largest absolute Gasteiger partial charge is 0.489 e. The zero-order valence-electron chi connectivity index (χ0n) is 14.3. The Kier molecular flexibility index (Phi) is 4.67. The van der Waals surface area contributed by atoms with Gasteiger partial charge in [0.15, 0.2) is 0 Å². The standard InChI is InChI=1S/C19H16N4O3/c1-13-19(12-26-18-5-3-4-17(10-18)23(24)25)14(2)22(21-13)16-8-6-15(11-20)7-9-16/h3-10H,12H2,1-2H3. The zero-order valence-corrected chi connectivity index (χ0v) is 14.3. The Morgan fingerprint density at radius 2 is 1.96 bits per heavy atom. The van der Waals surface area contributed by atoms with Gasteiger partial charge < -0.3 is 4.74 Å². The highest BCUT2D eigenvalue weighted by molar-refractivity contribution is 5.42. The molecule has 0 aliphatic carbocycles. The minimum atomic E-state index is -0.452. The van der Waals surface area contributed by atoms with Crippen molar-refractivity contribution in [3.05, 3.63) is 81.2 Å². The van der Waals surface area contributed by atoms with Gasteiger partial charge in [-0.2, -0.15) is 10.4 Å². The zero-order chi connectivity index (χ0) is 18.7. The molecule has 1 heterocycles. The normalized spacial score (nSPS) is 10.3. The van der Waals surface area contributed by atoms with E-state index in [1.807, 2.05) is 26.0 Å². The molecule has 2 aromatic carbocycles. The first-order valence-corrected chi connectivity index (χ1v) is 7.92. The fraction of sp³-hybridized carbons (Fsp3) is 0.158. The number of rotatable bonds is 5. The van der Waals surface area contributed by atoms with Crippen molar-refractivity contribution in [3.8, 4) is 17.5 Å². The molecule has 7 nitrogen and oxygen atoms in total. The highest BCUT2D eigenvalue weighted by atomic mass is 16.6. The fourth-order valence-corrected chi connectivity index (χ4v) is 2.65. The molecule has 0 saturated heterocycles. The van der Waals surface area contributed by atoms with E-state index in [1.54, 1.807) is 28.9 Å². The van der Waals surface area contributed by atoms with Crippen LogP contribution in [0.15, 0.2) is 48.5 Å². The third kappa shape index (κ3) is 3.39. The maximum absolute atomic E-state index is 10.9. The summed E-state index contributed by atoms with van der Waals surface area (Å²) in [5.74, 6) is 0.434. The molecular formula is C19H16N4O3. The lowest BCUT2D eigenvalue weighted by Gasteiger charge is -2.08. The molecule has 7 heteroatoms. The van der Waals surface area contributed by atoms with E-state index in [4.69, 9.17) is 10.00 Å². The molecule has 3 aromatic rings. The molecule has 0 spiro atoms. The van der Waals surface area contributed by atoms with Crippen molar-refractivity contribution >= 4 is 5.69 Å². The lowest BCUT2D eigenvalue weighted by Crippen LogP contribution is -2.01. The first-order chi connectivity index (χ1) is 12.5. The van der Waals surface area contributed by atoms with Crippen LogP contribution in [0.4, 0.5) is 5.69 Å². The number of non-ortho nitro benzene ring substituents is 1. The number of benzene rings is 2. The van der Waals surface area contributed by atoms with E-state index < -0.39 is 4.92 Å². The van der Waals surface area contributed by atoms with Crippen molar-refractivity contribution in [3.63, 3.8) is 0 Å². The van der Waals surface area contributed by atoms with E-state index in [1.165, 1.54) is 12.1 Å². The summed E-state index contributed by atoms with van der Waals surface area (Å²) in [5, 5.41) is 24.3. The maximum atomic E-state index is 10.9. The molecule has 0 amide bonds. The number of nitriles is 1. The summed E-state index contributed by atoms with van der Waals surface area (Å²) >= 11 is 0. The highest BCUT2D eigenvalue weighted by Crippen LogP contribution is 2.23. The first kappa shape index (κ1) is 17.2. The molecule has 0 unspecified atom stereocenters. The third-order valence-electron chi connectivity index (χ3n) is 4.09. The van der Waals surface area contributed by atoms with Gasteiger partial charge in [0.1, 0.15) is 12.4 Å². The van der Waals surface area contributed by atoms with Gasteiger partial charge in [0, 0.05) is 17.3 Å². The number of hydrogen-bond acceptors (Lipinski definition) is 5. The van der Waals surface area contributed by atoms with Crippen LogP contribution >= 0.6 is 0 Å². The lowest BCUT2D eigenvalue weighted by molar-refractivity contribution is -0.384. The molecular weight excluding hydrogens is 332 g/mol. The number of aryl methyl sites for hydroxylation is 1. The van der Waals surface area contributed by atoms with Gasteiger partial charge in [-0.3, -0.25) is 10.1 Å². The van der Waals surface area contributed by atoms with Crippen LogP contribution in [0.5, 0.6) is 5.75 Å². The SMILES string of the molecule is Cc1nn(-c2ccc(C#N)cc2)c(C)c1COc1cccc([N+](=O)[O-])c1. The summed E-state index contributed by atoms with van der Waals surface area (Å²) < 4.78 is 7.52.